The van der Waals surface area contributed by atoms with Gasteiger partial charge in [-0.05, 0) is 40.8 Å². The molecule has 194 valence electrons. The van der Waals surface area contributed by atoms with E-state index < -0.39 is 11.8 Å². The first-order valence-corrected chi connectivity index (χ1v) is 12.2. The standard InChI is InChI=1S/C29H30N6O3/c1-18(2)16-35(17-20-5-4-6-24(15-20)27-32-19(3)38-34-27)29(37)28(36)33-25-13-11-22(12-14-25)21-7-9-23(10-8-21)26(30)31/h4-15,18H,16-17H2,1-3H3,(H3,30,31)(H,33,36). The van der Waals surface area contributed by atoms with Crippen molar-refractivity contribution in [3.63, 3.8) is 0 Å². The summed E-state index contributed by atoms with van der Waals surface area (Å²) >= 11 is 0. The number of benzene rings is 3. The van der Waals surface area contributed by atoms with Gasteiger partial charge in [0.05, 0.1) is 0 Å². The molecule has 1 heterocycles. The Balaban J connectivity index is 1.45. The quantitative estimate of drug-likeness (QED) is 0.180. The molecule has 3 aromatic carbocycles. The number of amidine groups is 1. The van der Waals surface area contributed by atoms with Gasteiger partial charge < -0.3 is 20.5 Å². The van der Waals surface area contributed by atoms with E-state index in [0.29, 0.717) is 29.5 Å². The number of nitrogens with one attached hydrogen (secondary N) is 2. The second-order valence-electron chi connectivity index (χ2n) is 9.44. The number of carbonyl (C=O) groups is 2. The SMILES string of the molecule is Cc1nc(-c2cccc(CN(CC(C)C)C(=O)C(=O)Nc3ccc(-c4ccc(C(=N)N)cc4)cc3)c2)no1. The maximum absolute atomic E-state index is 13.2. The highest BCUT2D eigenvalue weighted by Gasteiger charge is 2.23. The first-order chi connectivity index (χ1) is 18.2. The molecule has 0 aliphatic heterocycles. The highest BCUT2D eigenvalue weighted by molar-refractivity contribution is 6.39. The van der Waals surface area contributed by atoms with Gasteiger partial charge in [-0.15, -0.1) is 0 Å². The van der Waals surface area contributed by atoms with Gasteiger partial charge in [-0.2, -0.15) is 4.98 Å². The van der Waals surface area contributed by atoms with Crippen molar-refractivity contribution in [2.75, 3.05) is 11.9 Å². The van der Waals surface area contributed by atoms with Crippen molar-refractivity contribution in [3.05, 3.63) is 89.8 Å². The van der Waals surface area contributed by atoms with Crippen molar-refractivity contribution in [2.45, 2.75) is 27.3 Å². The lowest BCUT2D eigenvalue weighted by molar-refractivity contribution is -0.143. The molecule has 0 fully saturated rings. The summed E-state index contributed by atoms with van der Waals surface area (Å²) in [4.78, 5) is 31.9. The molecule has 9 heteroatoms. The molecule has 0 saturated heterocycles. The topological polar surface area (TPSA) is 138 Å². The summed E-state index contributed by atoms with van der Waals surface area (Å²) in [5, 5.41) is 14.2. The van der Waals surface area contributed by atoms with Crippen LogP contribution in [0.15, 0.2) is 77.3 Å². The van der Waals surface area contributed by atoms with Crippen LogP contribution < -0.4 is 11.1 Å². The van der Waals surface area contributed by atoms with Gasteiger partial charge in [0.2, 0.25) is 11.7 Å². The van der Waals surface area contributed by atoms with E-state index in [1.54, 1.807) is 36.1 Å². The van der Waals surface area contributed by atoms with Gasteiger partial charge in [0.1, 0.15) is 5.84 Å². The number of aromatic nitrogens is 2. The molecule has 0 atom stereocenters. The number of hydrogen-bond acceptors (Lipinski definition) is 6. The Bertz CT molecular complexity index is 1440. The number of aryl methyl sites for hydroxylation is 1. The summed E-state index contributed by atoms with van der Waals surface area (Å²) in [5.74, 6) is -0.179. The lowest BCUT2D eigenvalue weighted by Crippen LogP contribution is -2.41. The number of anilines is 1. The Morgan fingerprint density at radius 1 is 1.00 bits per heavy atom. The van der Waals surface area contributed by atoms with Crippen molar-refractivity contribution in [1.29, 1.82) is 5.41 Å². The lowest BCUT2D eigenvalue weighted by atomic mass is 10.0. The minimum atomic E-state index is -0.700. The molecule has 1 aromatic heterocycles. The number of nitrogens with zero attached hydrogens (tertiary/aromatic N) is 3. The van der Waals surface area contributed by atoms with E-state index in [0.717, 1.165) is 22.3 Å². The first-order valence-electron chi connectivity index (χ1n) is 12.2. The fourth-order valence-corrected chi connectivity index (χ4v) is 4.02. The van der Waals surface area contributed by atoms with Crippen LogP contribution in [-0.2, 0) is 16.1 Å². The van der Waals surface area contributed by atoms with E-state index in [2.05, 4.69) is 15.5 Å². The van der Waals surface area contributed by atoms with Gasteiger partial charge in [0.15, 0.2) is 0 Å². The Morgan fingerprint density at radius 3 is 2.24 bits per heavy atom. The average Bonchev–Trinajstić information content (AvgIpc) is 3.34. The van der Waals surface area contributed by atoms with Gasteiger partial charge in [-0.25, -0.2) is 0 Å². The monoisotopic (exact) mass is 510 g/mol. The van der Waals surface area contributed by atoms with Crippen LogP contribution in [-0.4, -0.2) is 39.2 Å². The molecule has 0 aliphatic rings. The fraction of sp³-hybridized carbons (Fsp3) is 0.207. The third kappa shape index (κ3) is 6.50. The van der Waals surface area contributed by atoms with E-state index >= 15 is 0 Å². The van der Waals surface area contributed by atoms with Gasteiger partial charge in [-0.1, -0.05) is 73.6 Å². The van der Waals surface area contributed by atoms with Crippen molar-refractivity contribution in [3.8, 4) is 22.5 Å². The van der Waals surface area contributed by atoms with Crippen molar-refractivity contribution >= 4 is 23.3 Å². The number of carbonyl (C=O) groups excluding carboxylic acids is 2. The molecule has 4 rings (SSSR count). The Morgan fingerprint density at radius 2 is 1.66 bits per heavy atom. The van der Waals surface area contributed by atoms with Gasteiger partial charge >= 0.3 is 11.8 Å². The Hall–Kier alpha value is -4.79. The predicted molar refractivity (Wildman–Crippen MR) is 146 cm³/mol. The van der Waals surface area contributed by atoms with Crippen LogP contribution in [0.2, 0.25) is 0 Å². The zero-order valence-corrected chi connectivity index (χ0v) is 21.6. The number of hydrogen-bond donors (Lipinski definition) is 3. The van der Waals surface area contributed by atoms with Gasteiger partial charge in [0.25, 0.3) is 0 Å². The third-order valence-electron chi connectivity index (χ3n) is 5.83. The molecule has 4 aromatic rings. The van der Waals surface area contributed by atoms with Crippen molar-refractivity contribution in [2.24, 2.45) is 11.7 Å². The summed E-state index contributed by atoms with van der Waals surface area (Å²) < 4.78 is 5.07. The minimum Gasteiger partial charge on any atom is -0.384 e. The Labute approximate surface area is 221 Å². The lowest BCUT2D eigenvalue weighted by Gasteiger charge is -2.24. The second kappa shape index (κ2) is 11.5. The highest BCUT2D eigenvalue weighted by Crippen LogP contribution is 2.23. The summed E-state index contributed by atoms with van der Waals surface area (Å²) in [6.07, 6.45) is 0. The fourth-order valence-electron chi connectivity index (χ4n) is 4.02. The molecule has 2 amide bonds. The van der Waals surface area contributed by atoms with Crippen LogP contribution in [0.4, 0.5) is 5.69 Å². The molecule has 4 N–H and O–H groups in total. The Kier molecular flexibility index (Phi) is 7.96. The van der Waals surface area contributed by atoms with Crippen LogP contribution in [0.3, 0.4) is 0 Å². The zero-order valence-electron chi connectivity index (χ0n) is 21.6. The molecule has 0 aliphatic carbocycles. The minimum absolute atomic E-state index is 0.0144. The van der Waals surface area contributed by atoms with Crippen LogP contribution in [0, 0.1) is 18.3 Å². The summed E-state index contributed by atoms with van der Waals surface area (Å²) in [6, 6.07) is 22.1. The first kappa shape index (κ1) is 26.3. The van der Waals surface area contributed by atoms with Gasteiger partial charge in [-0.3, -0.25) is 15.0 Å². The zero-order chi connectivity index (χ0) is 27.2. The number of amides is 2. The van der Waals surface area contributed by atoms with Crippen molar-refractivity contribution in [1.82, 2.24) is 15.0 Å². The molecule has 38 heavy (non-hydrogen) atoms. The second-order valence-corrected chi connectivity index (χ2v) is 9.44. The molecule has 9 nitrogen and oxygen atoms in total. The predicted octanol–water partition coefficient (Wildman–Crippen LogP) is 4.62. The van der Waals surface area contributed by atoms with Crippen LogP contribution in [0.5, 0.6) is 0 Å². The number of nitrogen functional groups attached to an aromatic ring is 1. The summed E-state index contributed by atoms with van der Waals surface area (Å²) in [6.45, 7) is 6.41. The number of nitrogens with two attached hydrogens (primary N) is 1. The van der Waals surface area contributed by atoms with Gasteiger partial charge in [0, 0.05) is 36.8 Å². The molecular weight excluding hydrogens is 480 g/mol. The number of rotatable bonds is 8. The smallest absolute Gasteiger partial charge is 0.313 e. The third-order valence-corrected chi connectivity index (χ3v) is 5.83. The average molecular weight is 511 g/mol. The maximum Gasteiger partial charge on any atom is 0.313 e. The maximum atomic E-state index is 13.2. The van der Waals surface area contributed by atoms with E-state index in [4.69, 9.17) is 15.7 Å². The van der Waals surface area contributed by atoms with E-state index in [-0.39, 0.29) is 18.3 Å². The molecule has 0 radical (unpaired) electrons. The largest absolute Gasteiger partial charge is 0.384 e. The van der Waals surface area contributed by atoms with Crippen LogP contribution in [0.25, 0.3) is 22.5 Å². The molecule has 0 saturated carbocycles. The normalized spacial score (nSPS) is 10.8. The van der Waals surface area contributed by atoms with E-state index in [1.165, 1.54) is 0 Å². The van der Waals surface area contributed by atoms with E-state index in [1.807, 2.05) is 62.4 Å². The van der Waals surface area contributed by atoms with Crippen LogP contribution in [0.1, 0.15) is 30.9 Å². The van der Waals surface area contributed by atoms with Crippen molar-refractivity contribution < 1.29 is 14.1 Å². The van der Waals surface area contributed by atoms with Crippen LogP contribution >= 0.6 is 0 Å². The molecule has 0 unspecified atom stereocenters. The van der Waals surface area contributed by atoms with E-state index in [9.17, 15) is 9.59 Å². The molecule has 0 bridgehead atoms. The molecule has 0 spiro atoms. The molecular formula is C29H30N6O3. The highest BCUT2D eigenvalue weighted by atomic mass is 16.5. The summed E-state index contributed by atoms with van der Waals surface area (Å²) in [7, 11) is 0. The summed E-state index contributed by atoms with van der Waals surface area (Å²) in [5.41, 5.74) is 10.2.